The third kappa shape index (κ3) is 4.60. The van der Waals surface area contributed by atoms with E-state index in [0.717, 1.165) is 38.5 Å². The Morgan fingerprint density at radius 2 is 1.92 bits per heavy atom. The van der Waals surface area contributed by atoms with Gasteiger partial charge in [-0.1, -0.05) is 12.8 Å². The second-order valence-electron chi connectivity index (χ2n) is 10.4. The molecule has 5 rings (SSSR count). The van der Waals surface area contributed by atoms with Crippen LogP contribution in [0, 0.1) is 11.8 Å². The highest BCUT2D eigenvalue weighted by Crippen LogP contribution is 2.51. The van der Waals surface area contributed by atoms with Gasteiger partial charge in [0.2, 0.25) is 11.8 Å². The third-order valence-corrected chi connectivity index (χ3v) is 7.99. The number of nitrogens with one attached hydrogen (secondary N) is 1. The highest BCUT2D eigenvalue weighted by atomic mass is 16.5. The molecule has 2 fully saturated rings. The number of aliphatic hydroxyl groups excluding tert-OH is 3. The van der Waals surface area contributed by atoms with E-state index in [1.54, 1.807) is 23.1 Å². The second kappa shape index (κ2) is 10.4. The first-order valence-corrected chi connectivity index (χ1v) is 13.0. The lowest BCUT2D eigenvalue weighted by Crippen LogP contribution is -2.57. The quantitative estimate of drug-likeness (QED) is 0.402. The summed E-state index contributed by atoms with van der Waals surface area (Å²) in [4.78, 5) is 28.8. The average molecular weight is 501 g/mol. The number of nitrogens with zero attached hydrogens (tertiary/aromatic N) is 1. The molecule has 2 saturated carbocycles. The molecular weight excluding hydrogens is 464 g/mol. The molecule has 1 aromatic rings. The van der Waals surface area contributed by atoms with Gasteiger partial charge in [-0.25, -0.2) is 0 Å². The van der Waals surface area contributed by atoms with Gasteiger partial charge in [0.15, 0.2) is 11.5 Å². The van der Waals surface area contributed by atoms with Crippen LogP contribution in [-0.4, -0.2) is 77.1 Å². The number of aliphatic hydroxyl groups is 3. The number of hydrogen-bond donors (Lipinski definition) is 4. The summed E-state index contributed by atoms with van der Waals surface area (Å²) in [6, 6.07) is 2.75. The summed E-state index contributed by atoms with van der Waals surface area (Å²) in [6.45, 7) is 0.221. The molecule has 0 unspecified atom stereocenters. The first kappa shape index (κ1) is 25.0. The zero-order valence-corrected chi connectivity index (χ0v) is 20.7. The molecule has 2 amide bonds. The molecule has 4 atom stereocenters. The molecule has 0 spiro atoms. The van der Waals surface area contributed by atoms with Crippen LogP contribution in [0.4, 0.5) is 0 Å². The van der Waals surface area contributed by atoms with Crippen LogP contribution in [-0.2, 0) is 16.2 Å². The van der Waals surface area contributed by atoms with Crippen molar-refractivity contribution in [1.29, 1.82) is 0 Å². The maximum absolute atomic E-state index is 13.7. The average Bonchev–Trinajstić information content (AvgIpc) is 3.38. The number of rotatable bonds is 9. The van der Waals surface area contributed by atoms with Gasteiger partial charge >= 0.3 is 0 Å². The van der Waals surface area contributed by atoms with Gasteiger partial charge in [-0.3, -0.25) is 9.59 Å². The number of fused-ring (bicyclic) bond motifs is 3. The molecular formula is C27H36N2O7. The highest BCUT2D eigenvalue weighted by Gasteiger charge is 2.52. The molecule has 4 aliphatic rings. The monoisotopic (exact) mass is 500 g/mol. The fraction of sp³-hybridized carbons (Fsp3) is 0.630. The van der Waals surface area contributed by atoms with Crippen LogP contribution in [0.1, 0.15) is 55.6 Å². The Kier molecular flexibility index (Phi) is 7.23. The Balaban J connectivity index is 1.56. The maximum atomic E-state index is 13.7. The van der Waals surface area contributed by atoms with Crippen molar-refractivity contribution >= 4 is 11.8 Å². The summed E-state index contributed by atoms with van der Waals surface area (Å²) in [7, 11) is 1.50. The van der Waals surface area contributed by atoms with E-state index in [1.807, 2.05) is 0 Å². The van der Waals surface area contributed by atoms with Gasteiger partial charge in [0.25, 0.3) is 0 Å². The number of hydrogen-bond acceptors (Lipinski definition) is 7. The number of methoxy groups -OCH3 is 1. The highest BCUT2D eigenvalue weighted by molar-refractivity contribution is 5.96. The molecule has 4 N–H and O–H groups in total. The Labute approximate surface area is 211 Å². The van der Waals surface area contributed by atoms with Crippen molar-refractivity contribution in [2.24, 2.45) is 11.8 Å². The third-order valence-electron chi connectivity index (χ3n) is 7.99. The molecule has 0 aromatic heterocycles. The van der Waals surface area contributed by atoms with E-state index in [0.29, 0.717) is 40.7 Å². The molecule has 36 heavy (non-hydrogen) atoms. The zero-order chi connectivity index (χ0) is 25.4. The minimum absolute atomic E-state index is 0.0453. The number of amides is 2. The van der Waals surface area contributed by atoms with Crippen molar-refractivity contribution < 1.29 is 34.4 Å². The maximum Gasteiger partial charge on any atom is 0.247 e. The lowest BCUT2D eigenvalue weighted by molar-refractivity contribution is -0.141. The zero-order valence-electron chi connectivity index (χ0n) is 20.7. The molecule has 196 valence electrons. The van der Waals surface area contributed by atoms with Crippen LogP contribution < -0.4 is 14.8 Å². The second-order valence-corrected chi connectivity index (χ2v) is 10.4. The molecule has 1 heterocycles. The Morgan fingerprint density at radius 1 is 1.17 bits per heavy atom. The van der Waals surface area contributed by atoms with Crippen molar-refractivity contribution in [1.82, 2.24) is 10.2 Å². The first-order chi connectivity index (χ1) is 17.5. The smallest absolute Gasteiger partial charge is 0.247 e. The summed E-state index contributed by atoms with van der Waals surface area (Å²) < 4.78 is 11.8. The lowest BCUT2D eigenvalue weighted by Gasteiger charge is -2.41. The van der Waals surface area contributed by atoms with E-state index in [4.69, 9.17) is 9.47 Å². The Bertz CT molecular complexity index is 1030. The summed E-state index contributed by atoms with van der Waals surface area (Å²) in [5.41, 5.74) is 1.65. The van der Waals surface area contributed by atoms with Crippen molar-refractivity contribution in [3.05, 3.63) is 34.9 Å². The molecule has 9 nitrogen and oxygen atoms in total. The van der Waals surface area contributed by atoms with E-state index in [-0.39, 0.29) is 37.5 Å². The molecule has 0 radical (unpaired) electrons. The number of carbonyl (C=O) groups is 2. The predicted octanol–water partition coefficient (Wildman–Crippen LogP) is 1.24. The number of benzene rings is 1. The molecule has 0 saturated heterocycles. The fourth-order valence-corrected chi connectivity index (χ4v) is 5.96. The van der Waals surface area contributed by atoms with E-state index >= 15 is 0 Å². The van der Waals surface area contributed by atoms with Crippen molar-refractivity contribution in [3.63, 3.8) is 0 Å². The van der Waals surface area contributed by atoms with Crippen LogP contribution in [0.15, 0.2) is 23.8 Å². The van der Waals surface area contributed by atoms with Gasteiger partial charge < -0.3 is 35.0 Å². The lowest BCUT2D eigenvalue weighted by atomic mass is 9.77. The van der Waals surface area contributed by atoms with Gasteiger partial charge in [-0.05, 0) is 55.4 Å². The largest absolute Gasteiger partial charge is 0.493 e. The minimum Gasteiger partial charge on any atom is -0.493 e. The first-order valence-electron chi connectivity index (χ1n) is 13.0. The van der Waals surface area contributed by atoms with Crippen molar-refractivity contribution in [2.75, 3.05) is 26.8 Å². The topological polar surface area (TPSA) is 129 Å². The van der Waals surface area contributed by atoms with Crippen LogP contribution in [0.25, 0.3) is 0 Å². The summed E-state index contributed by atoms with van der Waals surface area (Å²) in [5.74, 6) is 0.277. The van der Waals surface area contributed by atoms with E-state index in [1.165, 1.54) is 7.11 Å². The molecule has 1 aliphatic heterocycles. The summed E-state index contributed by atoms with van der Waals surface area (Å²) in [5, 5.41) is 33.5. The summed E-state index contributed by atoms with van der Waals surface area (Å²) >= 11 is 0. The van der Waals surface area contributed by atoms with Gasteiger partial charge in [0, 0.05) is 30.1 Å². The van der Waals surface area contributed by atoms with Gasteiger partial charge in [0.05, 0.1) is 32.3 Å². The van der Waals surface area contributed by atoms with E-state index in [9.17, 15) is 24.9 Å². The van der Waals surface area contributed by atoms with Crippen molar-refractivity contribution in [2.45, 2.75) is 69.3 Å². The minimum atomic E-state index is -1.05. The van der Waals surface area contributed by atoms with Crippen LogP contribution in [0.2, 0.25) is 0 Å². The van der Waals surface area contributed by atoms with E-state index in [2.05, 4.69) is 5.32 Å². The van der Waals surface area contributed by atoms with Crippen LogP contribution >= 0.6 is 0 Å². The molecule has 0 bridgehead atoms. The van der Waals surface area contributed by atoms with Crippen molar-refractivity contribution in [3.8, 4) is 11.5 Å². The van der Waals surface area contributed by atoms with Gasteiger partial charge in [0.1, 0.15) is 12.2 Å². The Morgan fingerprint density at radius 3 is 2.56 bits per heavy atom. The van der Waals surface area contributed by atoms with Gasteiger partial charge in [-0.15, -0.1) is 0 Å². The standard InChI is InChI=1S/C27H36N2O7/c1-35-21-11-16(14-31)10-18-22-19(26(33)28-8-9-30)12-20(23(32)25(22)36-24(18)21)29(13-15-6-7-15)27(34)17-4-2-3-5-17/h10-12,15,17,20,22-23,25,30-32H,2-9,13-14H2,1H3,(H,28,33)/t20-,22+,23+,25+/m1/s1. The molecule has 9 heteroatoms. The fourth-order valence-electron chi connectivity index (χ4n) is 5.96. The summed E-state index contributed by atoms with van der Waals surface area (Å²) in [6.07, 6.45) is 5.75. The molecule has 3 aliphatic carbocycles. The van der Waals surface area contributed by atoms with Crippen LogP contribution in [0.3, 0.4) is 0 Å². The SMILES string of the molecule is COc1cc(CO)cc2c1O[C@@H]1[C@@H](O)[C@H](N(CC3CC3)C(=O)C3CCCC3)C=C(C(=O)NCCO)[C@H]21. The predicted molar refractivity (Wildman–Crippen MR) is 130 cm³/mol. The number of carbonyl (C=O) groups excluding carboxylic acids is 2. The normalized spacial score (nSPS) is 27.1. The van der Waals surface area contributed by atoms with E-state index < -0.39 is 24.2 Å². The van der Waals surface area contributed by atoms with Gasteiger partial charge in [-0.2, -0.15) is 0 Å². The molecule has 1 aromatic carbocycles. The number of ether oxygens (including phenoxy) is 2. The van der Waals surface area contributed by atoms with Crippen LogP contribution in [0.5, 0.6) is 11.5 Å². The Hall–Kier alpha value is -2.62.